The van der Waals surface area contributed by atoms with Gasteiger partial charge in [-0.2, -0.15) is 8.78 Å². The van der Waals surface area contributed by atoms with Gasteiger partial charge in [0.25, 0.3) is 0 Å². The first-order chi connectivity index (χ1) is 14.5. The molecule has 0 saturated heterocycles. The molecule has 0 fully saturated rings. The number of alkyl halides is 2. The lowest BCUT2D eigenvalue weighted by Gasteiger charge is -2.18. The van der Waals surface area contributed by atoms with E-state index >= 15 is 0 Å². The third kappa shape index (κ3) is 10.3. The fourth-order valence-electron chi connectivity index (χ4n) is 2.70. The summed E-state index contributed by atoms with van der Waals surface area (Å²) < 4.78 is 35.3. The van der Waals surface area contributed by atoms with E-state index in [1.54, 1.807) is 18.2 Å². The van der Waals surface area contributed by atoms with Crippen molar-refractivity contribution in [1.29, 1.82) is 0 Å². The van der Waals surface area contributed by atoms with Gasteiger partial charge in [0.05, 0.1) is 25.4 Å². The van der Waals surface area contributed by atoms with E-state index in [-0.39, 0.29) is 55.5 Å². The molecular weight excluding hydrogens is 519 g/mol. The Morgan fingerprint density at radius 1 is 1.06 bits per heavy atom. The number of para-hydroxylation sites is 1. The first-order valence-electron chi connectivity index (χ1n) is 9.89. The largest absolute Gasteiger partial charge is 0.434 e. The number of aliphatic hydroxyl groups excluding tert-OH is 1. The summed E-state index contributed by atoms with van der Waals surface area (Å²) >= 11 is 0. The average molecular weight is 549 g/mol. The number of ether oxygens (including phenoxy) is 2. The van der Waals surface area contributed by atoms with Crippen molar-refractivity contribution in [1.82, 2.24) is 10.6 Å². The molecule has 6 nitrogen and oxygen atoms in total. The molecule has 172 valence electrons. The van der Waals surface area contributed by atoms with Crippen LogP contribution in [0, 0.1) is 0 Å². The lowest BCUT2D eigenvalue weighted by molar-refractivity contribution is -0.0504. The molecule has 0 radical (unpaired) electrons. The van der Waals surface area contributed by atoms with Gasteiger partial charge in [-0.3, -0.25) is 0 Å². The van der Waals surface area contributed by atoms with Gasteiger partial charge in [-0.25, -0.2) is 4.99 Å². The number of aliphatic imine (C=N–C) groups is 1. The molecule has 0 saturated carbocycles. The van der Waals surface area contributed by atoms with Crippen LogP contribution in [0.15, 0.2) is 59.6 Å². The minimum atomic E-state index is -2.89. The van der Waals surface area contributed by atoms with E-state index in [1.165, 1.54) is 6.07 Å². The quantitative estimate of drug-likeness (QED) is 0.224. The summed E-state index contributed by atoms with van der Waals surface area (Å²) in [5.74, 6) is 0.551. The summed E-state index contributed by atoms with van der Waals surface area (Å²) in [5.41, 5.74) is 1.58. The molecule has 0 aromatic heterocycles. The van der Waals surface area contributed by atoms with E-state index in [0.717, 1.165) is 5.56 Å². The molecule has 0 aliphatic rings. The number of aliphatic hydroxyl groups is 1. The molecule has 2 rings (SSSR count). The lowest BCUT2D eigenvalue weighted by atomic mass is 10.1. The smallest absolute Gasteiger partial charge is 0.387 e. The zero-order valence-electron chi connectivity index (χ0n) is 17.6. The first kappa shape index (κ1) is 27.1. The molecule has 2 atom stereocenters. The lowest BCUT2D eigenvalue weighted by Crippen LogP contribution is -2.42. The Hall–Kier alpha value is -1.98. The summed E-state index contributed by atoms with van der Waals surface area (Å²) in [6.07, 6.45) is -0.872. The predicted octanol–water partition coefficient (Wildman–Crippen LogP) is 4.10. The van der Waals surface area contributed by atoms with E-state index < -0.39 is 12.7 Å². The molecule has 2 unspecified atom stereocenters. The second-order valence-electron chi connectivity index (χ2n) is 6.60. The molecule has 2 aromatic rings. The normalized spacial score (nSPS) is 13.3. The summed E-state index contributed by atoms with van der Waals surface area (Å²) in [4.78, 5) is 4.38. The Labute approximate surface area is 199 Å². The standard InChI is InChI=1S/C22H29F2N3O3.HI/c1-3-25-22(26-13-18-11-7-8-12-20(18)30-21(23)24)27-14-19(28)15-29-16(2)17-9-5-4-6-10-17;/h4-12,16,19,21,28H,3,13-15H2,1-2H3,(H2,25,26,27);1H. The summed E-state index contributed by atoms with van der Waals surface area (Å²) in [6.45, 7) is 2.09. The van der Waals surface area contributed by atoms with Gasteiger partial charge < -0.3 is 25.2 Å². The van der Waals surface area contributed by atoms with Gasteiger partial charge >= 0.3 is 6.61 Å². The number of hydrogen-bond donors (Lipinski definition) is 3. The van der Waals surface area contributed by atoms with Crippen LogP contribution in [0.5, 0.6) is 5.75 Å². The Balaban J connectivity index is 0.00000480. The van der Waals surface area contributed by atoms with E-state index in [1.807, 2.05) is 44.2 Å². The zero-order valence-corrected chi connectivity index (χ0v) is 20.0. The molecule has 9 heteroatoms. The predicted molar refractivity (Wildman–Crippen MR) is 128 cm³/mol. The second-order valence-corrected chi connectivity index (χ2v) is 6.60. The van der Waals surface area contributed by atoms with Crippen molar-refractivity contribution in [3.8, 4) is 5.75 Å². The molecular formula is C22H30F2IN3O3. The van der Waals surface area contributed by atoms with E-state index in [9.17, 15) is 13.9 Å². The molecule has 0 aliphatic heterocycles. The van der Waals surface area contributed by atoms with Gasteiger partial charge in [0.15, 0.2) is 5.96 Å². The molecule has 0 aliphatic carbocycles. The maximum atomic E-state index is 12.5. The van der Waals surface area contributed by atoms with Crippen LogP contribution in [0.25, 0.3) is 0 Å². The fraction of sp³-hybridized carbons (Fsp3) is 0.409. The number of nitrogens with one attached hydrogen (secondary N) is 2. The van der Waals surface area contributed by atoms with E-state index in [2.05, 4.69) is 20.4 Å². The van der Waals surface area contributed by atoms with Crippen LogP contribution in [0.2, 0.25) is 0 Å². The summed E-state index contributed by atoms with van der Waals surface area (Å²) in [6, 6.07) is 16.3. The van der Waals surface area contributed by atoms with Crippen LogP contribution in [-0.2, 0) is 11.3 Å². The van der Waals surface area contributed by atoms with Gasteiger partial charge in [-0.05, 0) is 25.5 Å². The maximum absolute atomic E-state index is 12.5. The van der Waals surface area contributed by atoms with Crippen LogP contribution in [0.1, 0.15) is 31.1 Å². The van der Waals surface area contributed by atoms with Gasteiger partial charge in [0, 0.05) is 18.7 Å². The van der Waals surface area contributed by atoms with Crippen molar-refractivity contribution < 1.29 is 23.4 Å². The third-order valence-corrected chi connectivity index (χ3v) is 4.25. The van der Waals surface area contributed by atoms with Crippen LogP contribution >= 0.6 is 24.0 Å². The summed E-state index contributed by atoms with van der Waals surface area (Å²) in [7, 11) is 0. The van der Waals surface area contributed by atoms with Gasteiger partial charge in [0.2, 0.25) is 0 Å². The Bertz CT molecular complexity index is 782. The van der Waals surface area contributed by atoms with Crippen molar-refractivity contribution in [3.05, 3.63) is 65.7 Å². The number of nitrogens with zero attached hydrogens (tertiary/aromatic N) is 1. The van der Waals surface area contributed by atoms with Crippen molar-refractivity contribution in [3.63, 3.8) is 0 Å². The molecule has 0 heterocycles. The van der Waals surface area contributed by atoms with E-state index in [0.29, 0.717) is 18.1 Å². The first-order valence-corrected chi connectivity index (χ1v) is 9.89. The van der Waals surface area contributed by atoms with Gasteiger partial charge in [-0.15, -0.1) is 24.0 Å². The van der Waals surface area contributed by atoms with Crippen LogP contribution in [0.3, 0.4) is 0 Å². The Morgan fingerprint density at radius 2 is 1.74 bits per heavy atom. The average Bonchev–Trinajstić information content (AvgIpc) is 2.75. The highest BCUT2D eigenvalue weighted by molar-refractivity contribution is 14.0. The Kier molecular flexibility index (Phi) is 13.0. The molecule has 0 spiro atoms. The number of hydrogen-bond acceptors (Lipinski definition) is 4. The van der Waals surface area contributed by atoms with Crippen molar-refractivity contribution >= 4 is 29.9 Å². The molecule has 0 bridgehead atoms. The number of guanidine groups is 1. The molecule has 2 aromatic carbocycles. The number of rotatable bonds is 11. The number of halogens is 3. The fourth-order valence-corrected chi connectivity index (χ4v) is 2.70. The molecule has 31 heavy (non-hydrogen) atoms. The minimum Gasteiger partial charge on any atom is -0.434 e. The zero-order chi connectivity index (χ0) is 21.8. The topological polar surface area (TPSA) is 75.1 Å². The molecule has 3 N–H and O–H groups in total. The van der Waals surface area contributed by atoms with Crippen LogP contribution < -0.4 is 15.4 Å². The minimum absolute atomic E-state index is 0. The highest BCUT2D eigenvalue weighted by atomic mass is 127. The van der Waals surface area contributed by atoms with E-state index in [4.69, 9.17) is 4.74 Å². The maximum Gasteiger partial charge on any atom is 0.387 e. The molecule has 0 amide bonds. The monoisotopic (exact) mass is 549 g/mol. The number of benzene rings is 2. The van der Waals surface area contributed by atoms with Gasteiger partial charge in [-0.1, -0.05) is 48.5 Å². The SMILES string of the molecule is CCNC(=NCc1ccccc1OC(F)F)NCC(O)COC(C)c1ccccc1.I. The van der Waals surface area contributed by atoms with Crippen molar-refractivity contribution in [2.75, 3.05) is 19.7 Å². The second kappa shape index (κ2) is 14.9. The third-order valence-electron chi connectivity index (χ3n) is 4.25. The van der Waals surface area contributed by atoms with Crippen molar-refractivity contribution in [2.45, 2.75) is 39.2 Å². The van der Waals surface area contributed by atoms with Gasteiger partial charge in [0.1, 0.15) is 5.75 Å². The highest BCUT2D eigenvalue weighted by Gasteiger charge is 2.12. The van der Waals surface area contributed by atoms with Crippen molar-refractivity contribution in [2.24, 2.45) is 4.99 Å². The van der Waals surface area contributed by atoms with Crippen LogP contribution in [-0.4, -0.2) is 43.5 Å². The summed E-state index contributed by atoms with van der Waals surface area (Å²) in [5, 5.41) is 16.3. The Morgan fingerprint density at radius 3 is 2.42 bits per heavy atom. The highest BCUT2D eigenvalue weighted by Crippen LogP contribution is 2.21. The van der Waals surface area contributed by atoms with Crippen LogP contribution in [0.4, 0.5) is 8.78 Å².